The molecule has 0 aromatic rings. The fraction of sp³-hybridized carbons (Fsp3) is 0.867. The van der Waals surface area contributed by atoms with Crippen molar-refractivity contribution in [1.82, 2.24) is 0 Å². The molecule has 0 N–H and O–H groups in total. The molecule has 0 fully saturated rings. The van der Waals surface area contributed by atoms with Crippen LogP contribution in [0.3, 0.4) is 0 Å². The summed E-state index contributed by atoms with van der Waals surface area (Å²) in [6.45, 7) is 13.5. The van der Waals surface area contributed by atoms with Crippen LogP contribution in [-0.2, 0) is 18.0 Å². The Morgan fingerprint density at radius 3 is 2.13 bits per heavy atom. The average molecular weight is 483 g/mol. The molecule has 1 rings (SSSR count). The largest absolute Gasteiger partial charge is 0.480 e. The first-order valence-electron chi connectivity index (χ1n) is 8.03. The normalized spacial score (nSPS) is 25.1. The molecule has 1 heterocycles. The van der Waals surface area contributed by atoms with E-state index in [1.807, 2.05) is 6.08 Å². The van der Waals surface area contributed by atoms with Crippen LogP contribution in [0.1, 0.15) is 41.5 Å². The van der Waals surface area contributed by atoms with E-state index < -0.39 is 0 Å². The summed E-state index contributed by atoms with van der Waals surface area (Å²) in [7, 11) is 1.39. The van der Waals surface area contributed by atoms with Crippen molar-refractivity contribution >= 4 is 51.9 Å². The molecule has 0 bridgehead atoms. The first-order valence-corrected chi connectivity index (χ1v) is 12.1. The second-order valence-corrected chi connectivity index (χ2v) is 12.4. The molecule has 0 aliphatic carbocycles. The fourth-order valence-electron chi connectivity index (χ4n) is 1.79. The molecule has 0 spiro atoms. The van der Waals surface area contributed by atoms with Gasteiger partial charge < -0.3 is 18.0 Å². The van der Waals surface area contributed by atoms with Crippen molar-refractivity contribution in [2.75, 3.05) is 6.61 Å². The highest BCUT2D eigenvalue weighted by Gasteiger charge is 2.36. The zero-order valence-corrected chi connectivity index (χ0v) is 19.9. The Kier molecular flexibility index (Phi) is 10.8. The third-order valence-electron chi connectivity index (χ3n) is 2.70. The second-order valence-electron chi connectivity index (χ2n) is 6.42. The summed E-state index contributed by atoms with van der Waals surface area (Å²) in [4.78, 5) is 0. The first-order chi connectivity index (χ1) is 10.8. The summed E-state index contributed by atoms with van der Waals surface area (Å²) in [5.41, 5.74) is 1.57. The maximum absolute atomic E-state index is 6.17. The summed E-state index contributed by atoms with van der Waals surface area (Å²) >= 11 is 2.22. The summed E-state index contributed by atoms with van der Waals surface area (Å²) in [6.07, 6.45) is 1.77. The highest BCUT2D eigenvalue weighted by Crippen LogP contribution is 2.27. The zero-order chi connectivity index (χ0) is 17.4. The van der Waals surface area contributed by atoms with Gasteiger partial charge in [0.15, 0.2) is 3.77 Å². The van der Waals surface area contributed by atoms with E-state index in [1.54, 1.807) is 0 Å². The van der Waals surface area contributed by atoms with Gasteiger partial charge >= 0.3 is 0 Å². The van der Waals surface area contributed by atoms with Gasteiger partial charge in [-0.1, -0.05) is 41.5 Å². The molecule has 23 heavy (non-hydrogen) atoms. The molecular formula is C15H27IO4Si3. The molecule has 8 heteroatoms. The van der Waals surface area contributed by atoms with E-state index in [9.17, 15) is 0 Å². The second kappa shape index (κ2) is 11.4. The monoisotopic (exact) mass is 482 g/mol. The number of hydrogen-bond donors (Lipinski definition) is 0. The standard InChI is InChI=1S/C15H27IO4Si3/c1-9(2)21-17-8-13-15(20-23-11(5)6)12(7-14(16)18-13)19-22-10(3)4/h7,9-13,15H,8H2,1-6H3/t12-,13-,15+/m1/s1. The lowest BCUT2D eigenvalue weighted by Gasteiger charge is -2.36. The van der Waals surface area contributed by atoms with Crippen molar-refractivity contribution in [3.63, 3.8) is 0 Å². The minimum Gasteiger partial charge on any atom is -0.480 e. The number of ether oxygens (including phenoxy) is 1. The van der Waals surface area contributed by atoms with Crippen molar-refractivity contribution in [3.05, 3.63) is 9.84 Å². The van der Waals surface area contributed by atoms with Crippen LogP contribution in [0.5, 0.6) is 0 Å². The van der Waals surface area contributed by atoms with Gasteiger partial charge in [0.05, 0.1) is 12.7 Å². The van der Waals surface area contributed by atoms with E-state index in [0.717, 1.165) is 3.77 Å². The molecule has 130 valence electrons. The Morgan fingerprint density at radius 2 is 1.57 bits per heavy atom. The smallest absolute Gasteiger partial charge is 0.233 e. The topological polar surface area (TPSA) is 36.9 Å². The lowest BCUT2D eigenvalue weighted by molar-refractivity contribution is -0.0587. The first kappa shape index (κ1) is 21.8. The summed E-state index contributed by atoms with van der Waals surface area (Å²) in [5.74, 6) is 0. The summed E-state index contributed by atoms with van der Waals surface area (Å²) in [5, 5.41) is 0. The number of hydrogen-bond acceptors (Lipinski definition) is 4. The van der Waals surface area contributed by atoms with Gasteiger partial charge in [-0.15, -0.1) is 0 Å². The third-order valence-corrected chi connectivity index (χ3v) is 5.87. The Morgan fingerprint density at radius 1 is 1.00 bits per heavy atom. The van der Waals surface area contributed by atoms with E-state index in [1.165, 1.54) is 0 Å². The van der Waals surface area contributed by atoms with Gasteiger partial charge in [0, 0.05) is 0 Å². The van der Waals surface area contributed by atoms with Crippen LogP contribution in [0, 0.1) is 0 Å². The van der Waals surface area contributed by atoms with E-state index in [0.29, 0.717) is 52.5 Å². The molecule has 0 aromatic carbocycles. The van der Waals surface area contributed by atoms with Crippen molar-refractivity contribution in [1.29, 1.82) is 0 Å². The Balaban J connectivity index is 2.72. The molecule has 3 atom stereocenters. The highest BCUT2D eigenvalue weighted by atomic mass is 127. The molecular weight excluding hydrogens is 455 g/mol. The van der Waals surface area contributed by atoms with Crippen LogP contribution in [0.15, 0.2) is 9.84 Å². The van der Waals surface area contributed by atoms with E-state index in [-0.39, 0.29) is 18.3 Å². The van der Waals surface area contributed by atoms with Crippen molar-refractivity contribution < 1.29 is 18.0 Å². The molecule has 4 nitrogen and oxygen atoms in total. The maximum atomic E-state index is 6.17. The van der Waals surface area contributed by atoms with Gasteiger partial charge in [0.1, 0.15) is 12.2 Å². The third kappa shape index (κ3) is 9.17. The molecule has 0 unspecified atom stereocenters. The van der Waals surface area contributed by atoms with Crippen LogP contribution < -0.4 is 0 Å². The van der Waals surface area contributed by atoms with Crippen LogP contribution in [0.4, 0.5) is 0 Å². The van der Waals surface area contributed by atoms with Gasteiger partial charge in [-0.25, -0.2) is 0 Å². The lowest BCUT2D eigenvalue weighted by Crippen LogP contribution is -2.48. The van der Waals surface area contributed by atoms with E-state index in [2.05, 4.69) is 64.1 Å². The van der Waals surface area contributed by atoms with Gasteiger partial charge in [-0.05, 0) is 45.3 Å². The maximum Gasteiger partial charge on any atom is 0.233 e. The Labute approximate surface area is 162 Å². The molecule has 1 aliphatic heterocycles. The fourth-order valence-corrected chi connectivity index (χ4v) is 4.41. The van der Waals surface area contributed by atoms with Gasteiger partial charge in [-0.3, -0.25) is 0 Å². The van der Waals surface area contributed by atoms with Crippen LogP contribution in [-0.4, -0.2) is 54.2 Å². The van der Waals surface area contributed by atoms with Crippen LogP contribution >= 0.6 is 22.6 Å². The minimum atomic E-state index is -0.105. The lowest BCUT2D eigenvalue weighted by atomic mass is 10.1. The Hall–Kier alpha value is 0.801. The molecule has 6 radical (unpaired) electrons. The molecule has 0 aromatic heterocycles. The van der Waals surface area contributed by atoms with Gasteiger partial charge in [0.2, 0.25) is 29.3 Å². The van der Waals surface area contributed by atoms with Crippen LogP contribution in [0.25, 0.3) is 0 Å². The summed E-state index contributed by atoms with van der Waals surface area (Å²) in [6, 6.07) is 0. The molecule has 0 saturated heterocycles. The predicted octanol–water partition coefficient (Wildman–Crippen LogP) is 3.79. The molecule has 1 aliphatic rings. The van der Waals surface area contributed by atoms with Crippen molar-refractivity contribution in [2.24, 2.45) is 0 Å². The van der Waals surface area contributed by atoms with E-state index in [4.69, 9.17) is 18.0 Å². The number of rotatable bonds is 10. The van der Waals surface area contributed by atoms with Gasteiger partial charge in [-0.2, -0.15) is 0 Å². The number of halogens is 1. The quantitative estimate of drug-likeness (QED) is 0.351. The molecule has 0 saturated carbocycles. The minimum absolute atomic E-state index is 0.0568. The zero-order valence-electron chi connectivity index (χ0n) is 14.8. The van der Waals surface area contributed by atoms with E-state index >= 15 is 0 Å². The van der Waals surface area contributed by atoms with Crippen molar-refractivity contribution in [2.45, 2.75) is 76.5 Å². The van der Waals surface area contributed by atoms with Crippen LogP contribution in [0.2, 0.25) is 16.6 Å². The predicted molar refractivity (Wildman–Crippen MR) is 105 cm³/mol. The molecule has 0 amide bonds. The van der Waals surface area contributed by atoms with Crippen molar-refractivity contribution in [3.8, 4) is 0 Å². The Bertz CT molecular complexity index is 367. The highest BCUT2D eigenvalue weighted by molar-refractivity contribution is 14.1. The average Bonchev–Trinajstić information content (AvgIpc) is 2.43. The SMILES string of the molecule is CC(C)[Si]OC[C@H]1OC(I)=C[C@@H](O[Si]C(C)C)[C@@H]1O[Si]C(C)C. The van der Waals surface area contributed by atoms with Gasteiger partial charge in [0.25, 0.3) is 0 Å². The summed E-state index contributed by atoms with van der Waals surface area (Å²) < 4.78 is 25.0.